The van der Waals surface area contributed by atoms with E-state index < -0.39 is 0 Å². The van der Waals surface area contributed by atoms with Gasteiger partial charge in [0.1, 0.15) is 0 Å². The van der Waals surface area contributed by atoms with Crippen LogP contribution in [0.5, 0.6) is 0 Å². The molecule has 5 nitrogen and oxygen atoms in total. The number of morpholine rings is 1. The van der Waals surface area contributed by atoms with E-state index in [0.717, 1.165) is 53.8 Å². The second-order valence-corrected chi connectivity index (χ2v) is 9.03. The van der Waals surface area contributed by atoms with Crippen LogP contribution in [0.2, 0.25) is 5.02 Å². The Morgan fingerprint density at radius 1 is 1.20 bits per heavy atom. The maximum Gasteiger partial charge on any atom is 0.233 e. The van der Waals surface area contributed by atoms with Gasteiger partial charge in [-0.25, -0.2) is 4.98 Å². The van der Waals surface area contributed by atoms with Crippen LogP contribution in [0.1, 0.15) is 16.7 Å². The minimum absolute atomic E-state index is 0.0183. The predicted octanol–water partition coefficient (Wildman–Crippen LogP) is 4.47. The fourth-order valence-corrected chi connectivity index (χ4v) is 4.89. The van der Waals surface area contributed by atoms with E-state index in [1.807, 2.05) is 29.2 Å². The van der Waals surface area contributed by atoms with Crippen molar-refractivity contribution in [2.45, 2.75) is 20.3 Å². The predicted molar refractivity (Wildman–Crippen MR) is 124 cm³/mol. The molecule has 0 atom stereocenters. The highest BCUT2D eigenvalue weighted by molar-refractivity contribution is 7.22. The van der Waals surface area contributed by atoms with Gasteiger partial charge in [-0.1, -0.05) is 47.2 Å². The quantitative estimate of drug-likeness (QED) is 0.563. The maximum absolute atomic E-state index is 13.4. The summed E-state index contributed by atoms with van der Waals surface area (Å²) in [5.74, 6) is 0.0183. The highest BCUT2D eigenvalue weighted by Gasteiger charge is 2.23. The first-order chi connectivity index (χ1) is 14.5. The van der Waals surface area contributed by atoms with Gasteiger partial charge >= 0.3 is 0 Å². The smallest absolute Gasteiger partial charge is 0.233 e. The number of carbonyl (C=O) groups is 1. The van der Waals surface area contributed by atoms with Gasteiger partial charge in [-0.15, -0.1) is 0 Å². The van der Waals surface area contributed by atoms with E-state index in [9.17, 15) is 4.79 Å². The third kappa shape index (κ3) is 4.67. The monoisotopic (exact) mass is 443 g/mol. The van der Waals surface area contributed by atoms with Gasteiger partial charge in [0, 0.05) is 31.2 Å². The topological polar surface area (TPSA) is 45.7 Å². The molecule has 1 aromatic heterocycles. The van der Waals surface area contributed by atoms with Gasteiger partial charge in [0.15, 0.2) is 5.13 Å². The van der Waals surface area contributed by atoms with E-state index in [2.05, 4.69) is 30.9 Å². The van der Waals surface area contributed by atoms with Gasteiger partial charge in [0.05, 0.1) is 29.9 Å². The molecule has 1 saturated heterocycles. The summed E-state index contributed by atoms with van der Waals surface area (Å²) < 4.78 is 6.55. The van der Waals surface area contributed by atoms with Crippen molar-refractivity contribution >= 4 is 44.2 Å². The Morgan fingerprint density at radius 3 is 2.73 bits per heavy atom. The van der Waals surface area contributed by atoms with Gasteiger partial charge in [0.2, 0.25) is 5.91 Å². The number of fused-ring (bicyclic) bond motifs is 1. The van der Waals surface area contributed by atoms with Crippen LogP contribution < -0.4 is 4.90 Å². The molecule has 7 heteroatoms. The molecule has 0 saturated carbocycles. The van der Waals surface area contributed by atoms with Crippen molar-refractivity contribution in [1.29, 1.82) is 0 Å². The SMILES string of the molecule is Cc1ccc2sc(N(CCN3CCOCC3)C(=O)Cc3ccccc3Cl)nc2c1C. The first kappa shape index (κ1) is 21.2. The van der Waals surface area contributed by atoms with Crippen molar-refractivity contribution in [3.8, 4) is 0 Å². The Morgan fingerprint density at radius 2 is 1.97 bits per heavy atom. The number of rotatable bonds is 6. The molecule has 0 N–H and O–H groups in total. The van der Waals surface area contributed by atoms with Crippen LogP contribution in [0.15, 0.2) is 36.4 Å². The fourth-order valence-electron chi connectivity index (χ4n) is 3.62. The average molecular weight is 444 g/mol. The Balaban J connectivity index is 1.61. The summed E-state index contributed by atoms with van der Waals surface area (Å²) in [5, 5.41) is 1.37. The summed E-state index contributed by atoms with van der Waals surface area (Å²) in [4.78, 5) is 22.4. The molecule has 0 aliphatic carbocycles. The fraction of sp³-hybridized carbons (Fsp3) is 0.391. The first-order valence-electron chi connectivity index (χ1n) is 10.2. The Bertz CT molecular complexity index is 1050. The van der Waals surface area contributed by atoms with Gasteiger partial charge in [-0.05, 0) is 42.7 Å². The minimum Gasteiger partial charge on any atom is -0.379 e. The van der Waals surface area contributed by atoms with Crippen molar-refractivity contribution in [2.75, 3.05) is 44.3 Å². The lowest BCUT2D eigenvalue weighted by Gasteiger charge is -2.29. The van der Waals surface area contributed by atoms with Gasteiger partial charge in [0.25, 0.3) is 0 Å². The number of anilines is 1. The summed E-state index contributed by atoms with van der Waals surface area (Å²) >= 11 is 7.89. The Kier molecular flexibility index (Phi) is 6.68. The maximum atomic E-state index is 13.4. The third-order valence-electron chi connectivity index (χ3n) is 5.65. The van der Waals surface area contributed by atoms with Crippen LogP contribution >= 0.6 is 22.9 Å². The largest absolute Gasteiger partial charge is 0.379 e. The lowest BCUT2D eigenvalue weighted by Crippen LogP contribution is -2.43. The number of halogens is 1. The highest BCUT2D eigenvalue weighted by atomic mass is 35.5. The van der Waals surface area contributed by atoms with Crippen LogP contribution in [0.3, 0.4) is 0 Å². The van der Waals surface area contributed by atoms with E-state index in [-0.39, 0.29) is 12.3 Å². The molecule has 1 aliphatic heterocycles. The summed E-state index contributed by atoms with van der Waals surface area (Å²) in [6, 6.07) is 11.7. The highest BCUT2D eigenvalue weighted by Crippen LogP contribution is 2.32. The Hall–Kier alpha value is -1.99. The van der Waals surface area contributed by atoms with Crippen LogP contribution in [-0.2, 0) is 16.0 Å². The van der Waals surface area contributed by atoms with Gasteiger partial charge in [-0.3, -0.25) is 14.6 Å². The molecule has 0 radical (unpaired) electrons. The average Bonchev–Trinajstić information content (AvgIpc) is 3.18. The molecule has 30 heavy (non-hydrogen) atoms. The van der Waals surface area contributed by atoms with Crippen LogP contribution in [0.25, 0.3) is 10.2 Å². The number of nitrogens with zero attached hydrogens (tertiary/aromatic N) is 3. The Labute approximate surface area is 186 Å². The zero-order chi connectivity index (χ0) is 21.1. The standard InChI is InChI=1S/C23H26ClN3O2S/c1-16-7-8-20-22(17(16)2)25-23(30-20)27(10-9-26-11-13-29-14-12-26)21(28)15-18-5-3-4-6-19(18)24/h3-8H,9-15H2,1-2H3. The number of aromatic nitrogens is 1. The van der Waals surface area contributed by atoms with Gasteiger partial charge < -0.3 is 4.74 Å². The second kappa shape index (κ2) is 9.43. The van der Waals surface area contributed by atoms with Crippen molar-refractivity contribution in [3.63, 3.8) is 0 Å². The zero-order valence-corrected chi connectivity index (χ0v) is 18.9. The van der Waals surface area contributed by atoms with Crippen molar-refractivity contribution in [2.24, 2.45) is 0 Å². The summed E-state index contributed by atoms with van der Waals surface area (Å²) in [6.07, 6.45) is 0.261. The molecule has 158 valence electrons. The number of benzene rings is 2. The lowest BCUT2D eigenvalue weighted by atomic mass is 10.1. The molecule has 3 aromatic rings. The number of thiazole rings is 1. The molecule has 2 aromatic carbocycles. The molecule has 0 bridgehead atoms. The molecule has 1 fully saturated rings. The van der Waals surface area contributed by atoms with Crippen molar-refractivity contribution in [1.82, 2.24) is 9.88 Å². The van der Waals surface area contributed by atoms with Crippen LogP contribution in [-0.4, -0.2) is 55.2 Å². The van der Waals surface area contributed by atoms with E-state index in [4.69, 9.17) is 21.3 Å². The van der Waals surface area contributed by atoms with E-state index in [1.165, 1.54) is 11.1 Å². The molecule has 4 rings (SSSR count). The van der Waals surface area contributed by atoms with E-state index in [0.29, 0.717) is 11.6 Å². The van der Waals surface area contributed by atoms with Gasteiger partial charge in [-0.2, -0.15) is 0 Å². The summed E-state index contributed by atoms with van der Waals surface area (Å²) in [6.45, 7) is 8.85. The molecular formula is C23H26ClN3O2S. The normalized spacial score (nSPS) is 14.9. The first-order valence-corrected chi connectivity index (χ1v) is 11.4. The number of ether oxygens (including phenoxy) is 1. The van der Waals surface area contributed by atoms with Crippen molar-refractivity contribution < 1.29 is 9.53 Å². The molecule has 0 unspecified atom stereocenters. The number of aryl methyl sites for hydroxylation is 2. The summed E-state index contributed by atoms with van der Waals surface area (Å²) in [7, 11) is 0. The van der Waals surface area contributed by atoms with E-state index >= 15 is 0 Å². The van der Waals surface area contributed by atoms with Crippen molar-refractivity contribution in [3.05, 3.63) is 58.1 Å². The number of hydrogen-bond donors (Lipinski definition) is 0. The third-order valence-corrected chi connectivity index (χ3v) is 7.06. The molecule has 1 amide bonds. The molecule has 2 heterocycles. The van der Waals surface area contributed by atoms with E-state index in [1.54, 1.807) is 11.3 Å². The number of carbonyl (C=O) groups excluding carboxylic acids is 1. The lowest BCUT2D eigenvalue weighted by molar-refractivity contribution is -0.118. The summed E-state index contributed by atoms with van der Waals surface area (Å²) in [5.41, 5.74) is 4.20. The molecule has 0 spiro atoms. The minimum atomic E-state index is 0.0183. The number of hydrogen-bond acceptors (Lipinski definition) is 5. The zero-order valence-electron chi connectivity index (χ0n) is 17.4. The number of amides is 1. The second-order valence-electron chi connectivity index (χ2n) is 7.62. The van der Waals surface area contributed by atoms with Crippen LogP contribution in [0, 0.1) is 13.8 Å². The van der Waals surface area contributed by atoms with Crippen LogP contribution in [0.4, 0.5) is 5.13 Å². The molecular weight excluding hydrogens is 418 g/mol. The molecule has 1 aliphatic rings.